The van der Waals surface area contributed by atoms with Crippen LogP contribution < -0.4 is 10.6 Å². The molecule has 1 aromatic rings. The lowest BCUT2D eigenvalue weighted by Crippen LogP contribution is -2.60. The minimum Gasteiger partial charge on any atom is -0.469 e. The summed E-state index contributed by atoms with van der Waals surface area (Å²) in [6, 6.07) is 3.10. The lowest BCUT2D eigenvalue weighted by Gasteiger charge is -2.37. The number of rotatable bonds is 2. The van der Waals surface area contributed by atoms with Gasteiger partial charge in [-0.2, -0.15) is 18.4 Å². The maximum absolute atomic E-state index is 13.4. The second-order valence-electron chi connectivity index (χ2n) is 8.30. The van der Waals surface area contributed by atoms with E-state index in [1.807, 2.05) is 0 Å². The van der Waals surface area contributed by atoms with Gasteiger partial charge in [-0.25, -0.2) is 4.90 Å². The molecule has 31 heavy (non-hydrogen) atoms. The molecule has 3 fully saturated rings. The molecule has 11 heteroatoms. The summed E-state index contributed by atoms with van der Waals surface area (Å²) >= 11 is 0. The zero-order valence-electron chi connectivity index (χ0n) is 16.7. The Morgan fingerprint density at radius 1 is 1.23 bits per heavy atom. The van der Waals surface area contributed by atoms with Crippen LogP contribution in [0.15, 0.2) is 18.2 Å². The zero-order valence-corrected chi connectivity index (χ0v) is 16.7. The lowest BCUT2D eigenvalue weighted by molar-refractivity contribution is -0.154. The van der Waals surface area contributed by atoms with Crippen LogP contribution in [0.25, 0.3) is 0 Å². The van der Waals surface area contributed by atoms with E-state index in [0.717, 1.165) is 19.2 Å². The van der Waals surface area contributed by atoms with Crippen molar-refractivity contribution in [3.8, 4) is 6.07 Å². The van der Waals surface area contributed by atoms with Crippen LogP contribution in [0.4, 0.5) is 18.9 Å². The molecule has 4 rings (SSSR count). The molecule has 2 amide bonds. The first-order chi connectivity index (χ1) is 14.3. The molecule has 2 bridgehead atoms. The molecule has 3 aliphatic rings. The minimum absolute atomic E-state index is 0.314. The molecule has 0 aromatic heterocycles. The summed E-state index contributed by atoms with van der Waals surface area (Å²) in [7, 11) is 1.16. The number of methoxy groups -OCH3 is 1. The Morgan fingerprint density at radius 3 is 2.32 bits per heavy atom. The first-order valence-corrected chi connectivity index (χ1v) is 9.35. The van der Waals surface area contributed by atoms with Gasteiger partial charge in [-0.05, 0) is 32.0 Å². The molecule has 0 radical (unpaired) electrons. The fourth-order valence-electron chi connectivity index (χ4n) is 5.41. The van der Waals surface area contributed by atoms with E-state index in [1.165, 1.54) is 19.9 Å². The van der Waals surface area contributed by atoms with Gasteiger partial charge >= 0.3 is 12.1 Å². The summed E-state index contributed by atoms with van der Waals surface area (Å²) in [5.41, 5.74) is 1.17. The normalized spacial score (nSPS) is 36.5. The summed E-state index contributed by atoms with van der Waals surface area (Å²) in [4.78, 5) is 39.6. The average Bonchev–Trinajstić information content (AvgIpc) is 3.19. The molecule has 164 valence electrons. The highest BCUT2D eigenvalue weighted by Gasteiger charge is 2.80. The number of anilines is 1. The number of nitriles is 1. The SMILES string of the molecule is COC(=O)[C@@H]1[C@@H](N)C2(C)OC1(C)[C@@H]1C(=O)N(c3ccc(C#N)c(C(F)(F)F)c3)C(=O)[C@@H]12. The maximum atomic E-state index is 13.4. The third-order valence-corrected chi connectivity index (χ3v) is 6.76. The Morgan fingerprint density at radius 2 is 1.81 bits per heavy atom. The van der Waals surface area contributed by atoms with Gasteiger partial charge in [-0.3, -0.25) is 14.4 Å². The van der Waals surface area contributed by atoms with Gasteiger partial charge in [-0.15, -0.1) is 0 Å². The number of amides is 2. The van der Waals surface area contributed by atoms with Gasteiger partial charge in [0.15, 0.2) is 0 Å². The van der Waals surface area contributed by atoms with Gasteiger partial charge in [0.1, 0.15) is 5.92 Å². The number of nitrogens with zero attached hydrogens (tertiary/aromatic N) is 2. The lowest BCUT2D eigenvalue weighted by atomic mass is 9.61. The van der Waals surface area contributed by atoms with Crippen molar-refractivity contribution < 1.29 is 37.0 Å². The van der Waals surface area contributed by atoms with Crippen LogP contribution in [0.1, 0.15) is 25.0 Å². The zero-order chi connectivity index (χ0) is 23.1. The molecule has 0 spiro atoms. The Balaban J connectivity index is 1.82. The first kappa shape index (κ1) is 21.3. The smallest absolute Gasteiger partial charge is 0.417 e. The number of ether oxygens (including phenoxy) is 2. The molecule has 0 saturated carbocycles. The molecule has 3 saturated heterocycles. The summed E-state index contributed by atoms with van der Waals surface area (Å²) < 4.78 is 50.9. The first-order valence-electron chi connectivity index (χ1n) is 9.35. The van der Waals surface area contributed by atoms with E-state index in [4.69, 9.17) is 20.5 Å². The molecule has 6 atom stereocenters. The summed E-state index contributed by atoms with van der Waals surface area (Å²) in [6.07, 6.45) is -4.86. The number of imide groups is 1. The second kappa shape index (κ2) is 6.27. The van der Waals surface area contributed by atoms with Gasteiger partial charge < -0.3 is 15.2 Å². The van der Waals surface area contributed by atoms with Crippen molar-refractivity contribution in [3.63, 3.8) is 0 Å². The van der Waals surface area contributed by atoms with Crippen molar-refractivity contribution in [2.75, 3.05) is 12.0 Å². The van der Waals surface area contributed by atoms with Gasteiger partial charge in [0.25, 0.3) is 0 Å². The number of hydrogen-bond acceptors (Lipinski definition) is 7. The molecule has 2 unspecified atom stereocenters. The number of esters is 1. The molecule has 0 aliphatic carbocycles. The number of benzene rings is 1. The average molecular weight is 437 g/mol. The van der Waals surface area contributed by atoms with Crippen LogP contribution in [0.3, 0.4) is 0 Å². The van der Waals surface area contributed by atoms with Crippen LogP contribution in [0, 0.1) is 29.1 Å². The van der Waals surface area contributed by atoms with Crippen molar-refractivity contribution >= 4 is 23.5 Å². The molecule has 8 nitrogen and oxygen atoms in total. The number of carbonyl (C=O) groups excluding carboxylic acids is 3. The van der Waals surface area contributed by atoms with Crippen LogP contribution in [-0.4, -0.2) is 42.1 Å². The van der Waals surface area contributed by atoms with E-state index in [2.05, 4.69) is 0 Å². The van der Waals surface area contributed by atoms with Gasteiger partial charge in [0, 0.05) is 0 Å². The van der Waals surface area contributed by atoms with Gasteiger partial charge in [0.05, 0.1) is 59.1 Å². The number of fused-ring (bicyclic) bond motifs is 5. The van der Waals surface area contributed by atoms with Crippen LogP contribution in [-0.2, 0) is 30.0 Å². The van der Waals surface area contributed by atoms with Crippen molar-refractivity contribution in [1.29, 1.82) is 5.26 Å². The summed E-state index contributed by atoms with van der Waals surface area (Å²) in [6.45, 7) is 3.00. The third-order valence-electron chi connectivity index (χ3n) is 6.76. The van der Waals surface area contributed by atoms with E-state index in [-0.39, 0.29) is 5.69 Å². The van der Waals surface area contributed by atoms with Crippen molar-refractivity contribution in [2.24, 2.45) is 23.5 Å². The molecular formula is C20H18F3N3O5. The Labute approximate surface area is 174 Å². The highest BCUT2D eigenvalue weighted by molar-refractivity contribution is 6.23. The second-order valence-corrected chi connectivity index (χ2v) is 8.30. The molecule has 3 aliphatic heterocycles. The topological polar surface area (TPSA) is 123 Å². The van der Waals surface area contributed by atoms with Crippen LogP contribution in [0.2, 0.25) is 0 Å². The fourth-order valence-corrected chi connectivity index (χ4v) is 5.41. The Kier molecular flexibility index (Phi) is 4.30. The van der Waals surface area contributed by atoms with Crippen molar-refractivity contribution in [3.05, 3.63) is 29.3 Å². The van der Waals surface area contributed by atoms with E-state index in [9.17, 15) is 27.6 Å². The van der Waals surface area contributed by atoms with Gasteiger partial charge in [-0.1, -0.05) is 0 Å². The quantitative estimate of drug-likeness (QED) is 0.547. The van der Waals surface area contributed by atoms with E-state index in [0.29, 0.717) is 11.0 Å². The van der Waals surface area contributed by atoms with Gasteiger partial charge in [0.2, 0.25) is 11.8 Å². The largest absolute Gasteiger partial charge is 0.469 e. The van der Waals surface area contributed by atoms with Crippen molar-refractivity contribution in [1.82, 2.24) is 0 Å². The Bertz CT molecular complexity index is 1070. The maximum Gasteiger partial charge on any atom is 0.417 e. The van der Waals surface area contributed by atoms with E-state index >= 15 is 0 Å². The highest BCUT2D eigenvalue weighted by Crippen LogP contribution is 2.63. The Hall–Kier alpha value is -2.97. The van der Waals surface area contributed by atoms with Crippen molar-refractivity contribution in [2.45, 2.75) is 37.3 Å². The number of carbonyl (C=O) groups is 3. The number of alkyl halides is 3. The monoisotopic (exact) mass is 437 g/mol. The molecule has 1 aromatic carbocycles. The number of nitrogens with two attached hydrogens (primary N) is 1. The fraction of sp³-hybridized carbons (Fsp3) is 0.500. The van der Waals surface area contributed by atoms with Crippen LogP contribution in [0.5, 0.6) is 0 Å². The summed E-state index contributed by atoms with van der Waals surface area (Å²) in [5.74, 6) is -5.50. The van der Waals surface area contributed by atoms with Crippen LogP contribution >= 0.6 is 0 Å². The number of halogens is 3. The molecule has 2 N–H and O–H groups in total. The third kappa shape index (κ3) is 2.52. The standard InChI is InChI=1S/C20H18F3N3O5/c1-18-11-12(19(2,31-18)14(25)13(18)17(29)30-3)16(28)26(15(11)27)9-5-4-8(7-24)10(6-9)20(21,22)23/h4-6,11-14H,25H2,1-3H3/t11-,12+,13-,14+,18?,19?/m0/s1. The van der Waals surface area contributed by atoms with E-state index < -0.39 is 70.1 Å². The minimum atomic E-state index is -4.86. The predicted molar refractivity (Wildman–Crippen MR) is 97.0 cm³/mol. The number of hydrogen-bond donors (Lipinski definition) is 1. The predicted octanol–water partition coefficient (Wildman–Crippen LogP) is 1.36. The molecule has 3 heterocycles. The highest BCUT2D eigenvalue weighted by atomic mass is 19.4. The summed E-state index contributed by atoms with van der Waals surface area (Å²) in [5, 5.41) is 8.98. The molecular weight excluding hydrogens is 419 g/mol. The van der Waals surface area contributed by atoms with E-state index in [1.54, 1.807) is 0 Å².